The fourth-order valence-corrected chi connectivity index (χ4v) is 3.03. The van der Waals surface area contributed by atoms with Crippen LogP contribution in [0.15, 0.2) is 24.3 Å². The largest absolute Gasteiger partial charge is 0.493 e. The second-order valence-electron chi connectivity index (χ2n) is 6.00. The van der Waals surface area contributed by atoms with Crippen molar-refractivity contribution >= 4 is 23.8 Å². The third-order valence-corrected chi connectivity index (χ3v) is 4.46. The van der Waals surface area contributed by atoms with Crippen molar-refractivity contribution in [2.75, 3.05) is 27.3 Å². The second kappa shape index (κ2) is 6.96. The minimum atomic E-state index is -0.180. The third-order valence-electron chi connectivity index (χ3n) is 4.46. The van der Waals surface area contributed by atoms with Crippen molar-refractivity contribution in [3.8, 4) is 11.5 Å². The smallest absolute Gasteiger partial charge is 0.246 e. The van der Waals surface area contributed by atoms with Crippen molar-refractivity contribution in [2.24, 2.45) is 0 Å². The molecule has 0 aliphatic carbocycles. The van der Waals surface area contributed by atoms with Crippen LogP contribution in [0.1, 0.15) is 18.4 Å². The molecule has 3 amide bonds. The van der Waals surface area contributed by atoms with Gasteiger partial charge in [0.2, 0.25) is 17.7 Å². The van der Waals surface area contributed by atoms with Crippen molar-refractivity contribution in [1.82, 2.24) is 9.80 Å². The molecule has 7 heteroatoms. The van der Waals surface area contributed by atoms with Gasteiger partial charge in [-0.2, -0.15) is 0 Å². The predicted octanol–water partition coefficient (Wildman–Crippen LogP) is 1.08. The summed E-state index contributed by atoms with van der Waals surface area (Å²) in [5.74, 6) is 0.791. The average Bonchev–Trinajstić information content (AvgIpc) is 2.90. The lowest BCUT2D eigenvalue weighted by Gasteiger charge is -2.42. The maximum atomic E-state index is 12.2. The summed E-state index contributed by atoms with van der Waals surface area (Å²) in [6, 6.07) is 5.20. The predicted molar refractivity (Wildman–Crippen MR) is 90.0 cm³/mol. The van der Waals surface area contributed by atoms with Crippen LogP contribution in [0.25, 0.3) is 6.08 Å². The molecule has 0 N–H and O–H groups in total. The summed E-state index contributed by atoms with van der Waals surface area (Å²) in [7, 11) is 3.12. The molecule has 2 saturated heterocycles. The Balaban J connectivity index is 1.58. The summed E-state index contributed by atoms with van der Waals surface area (Å²) in [6.07, 6.45) is 3.74. The minimum absolute atomic E-state index is 0.136. The first-order valence-electron chi connectivity index (χ1n) is 8.07. The van der Waals surface area contributed by atoms with Crippen molar-refractivity contribution in [3.63, 3.8) is 0 Å². The second-order valence-corrected chi connectivity index (χ2v) is 6.00. The monoisotopic (exact) mass is 344 g/mol. The molecule has 0 unspecified atom stereocenters. The van der Waals surface area contributed by atoms with Crippen LogP contribution in [0.3, 0.4) is 0 Å². The Morgan fingerprint density at radius 2 is 1.72 bits per heavy atom. The van der Waals surface area contributed by atoms with Crippen LogP contribution < -0.4 is 9.47 Å². The van der Waals surface area contributed by atoms with Crippen LogP contribution in [-0.4, -0.2) is 60.9 Å². The molecule has 0 saturated carbocycles. The summed E-state index contributed by atoms with van der Waals surface area (Å²) in [4.78, 5) is 38.5. The molecular formula is C18H20N2O5. The van der Waals surface area contributed by atoms with Gasteiger partial charge in [-0.1, -0.05) is 6.07 Å². The zero-order valence-corrected chi connectivity index (χ0v) is 14.2. The van der Waals surface area contributed by atoms with Gasteiger partial charge < -0.3 is 14.4 Å². The van der Waals surface area contributed by atoms with E-state index in [4.69, 9.17) is 9.47 Å². The van der Waals surface area contributed by atoms with Crippen molar-refractivity contribution in [3.05, 3.63) is 29.8 Å². The molecule has 132 valence electrons. The first-order valence-corrected chi connectivity index (χ1v) is 8.07. The normalized spacial score (nSPS) is 18.0. The molecule has 1 aromatic rings. The van der Waals surface area contributed by atoms with Crippen LogP contribution in [0, 0.1) is 0 Å². The van der Waals surface area contributed by atoms with E-state index in [0.29, 0.717) is 24.6 Å². The highest BCUT2D eigenvalue weighted by atomic mass is 16.5. The van der Waals surface area contributed by atoms with E-state index >= 15 is 0 Å². The summed E-state index contributed by atoms with van der Waals surface area (Å²) in [6.45, 7) is 0.791. The van der Waals surface area contributed by atoms with Gasteiger partial charge in [0, 0.05) is 32.0 Å². The number of amides is 3. The lowest BCUT2D eigenvalue weighted by Crippen LogP contribution is -2.61. The van der Waals surface area contributed by atoms with E-state index in [9.17, 15) is 14.4 Å². The van der Waals surface area contributed by atoms with Crippen molar-refractivity contribution in [1.29, 1.82) is 0 Å². The molecule has 2 aliphatic rings. The molecule has 1 aromatic carbocycles. The number of nitrogens with zero attached hydrogens (tertiary/aromatic N) is 2. The van der Waals surface area contributed by atoms with E-state index in [1.807, 2.05) is 6.07 Å². The maximum Gasteiger partial charge on any atom is 0.246 e. The summed E-state index contributed by atoms with van der Waals surface area (Å²) >= 11 is 0. The number of methoxy groups -OCH3 is 2. The van der Waals surface area contributed by atoms with E-state index in [1.54, 1.807) is 37.3 Å². The third kappa shape index (κ3) is 3.35. The Morgan fingerprint density at radius 1 is 1.08 bits per heavy atom. The molecule has 2 heterocycles. The van der Waals surface area contributed by atoms with Gasteiger partial charge in [0.15, 0.2) is 11.5 Å². The Morgan fingerprint density at radius 3 is 2.32 bits per heavy atom. The van der Waals surface area contributed by atoms with E-state index in [2.05, 4.69) is 0 Å². The SMILES string of the molecule is COc1ccc(C=CC(=O)N2CC(N3C(=O)CCC3=O)C2)cc1OC. The Kier molecular flexibility index (Phi) is 4.74. The number of hydrogen-bond donors (Lipinski definition) is 0. The Hall–Kier alpha value is -2.83. The molecule has 0 radical (unpaired) electrons. The van der Waals surface area contributed by atoms with Crippen molar-refractivity contribution in [2.45, 2.75) is 18.9 Å². The number of imide groups is 1. The van der Waals surface area contributed by atoms with Crippen LogP contribution in [0.5, 0.6) is 11.5 Å². The number of rotatable bonds is 5. The fourth-order valence-electron chi connectivity index (χ4n) is 3.03. The van der Waals surface area contributed by atoms with Crippen LogP contribution in [0.2, 0.25) is 0 Å². The number of carbonyl (C=O) groups excluding carboxylic acids is 3. The van der Waals surface area contributed by atoms with Gasteiger partial charge in [0.1, 0.15) is 0 Å². The topological polar surface area (TPSA) is 76.2 Å². The van der Waals surface area contributed by atoms with Gasteiger partial charge >= 0.3 is 0 Å². The van der Waals surface area contributed by atoms with Crippen molar-refractivity contribution < 1.29 is 23.9 Å². The average molecular weight is 344 g/mol. The lowest BCUT2D eigenvalue weighted by atomic mass is 10.1. The lowest BCUT2D eigenvalue weighted by molar-refractivity contribution is -0.149. The van der Waals surface area contributed by atoms with E-state index in [0.717, 1.165) is 5.56 Å². The van der Waals surface area contributed by atoms with Gasteiger partial charge in [-0.15, -0.1) is 0 Å². The van der Waals surface area contributed by atoms with Gasteiger partial charge in [0.25, 0.3) is 0 Å². The van der Waals surface area contributed by atoms with Gasteiger partial charge in [-0.3, -0.25) is 19.3 Å². The summed E-state index contributed by atoms with van der Waals surface area (Å²) in [5.41, 5.74) is 0.813. The number of benzene rings is 1. The zero-order valence-electron chi connectivity index (χ0n) is 14.2. The highest BCUT2D eigenvalue weighted by Gasteiger charge is 2.42. The van der Waals surface area contributed by atoms with E-state index in [-0.39, 0.29) is 36.6 Å². The molecule has 2 fully saturated rings. The summed E-state index contributed by atoms with van der Waals surface area (Å²) < 4.78 is 10.4. The van der Waals surface area contributed by atoms with Crippen LogP contribution >= 0.6 is 0 Å². The first-order chi connectivity index (χ1) is 12.0. The fraction of sp³-hybridized carbons (Fsp3) is 0.389. The Bertz CT molecular complexity index is 721. The highest BCUT2D eigenvalue weighted by molar-refractivity contribution is 6.02. The van der Waals surface area contributed by atoms with Gasteiger partial charge in [-0.05, 0) is 23.8 Å². The number of carbonyl (C=O) groups is 3. The molecule has 25 heavy (non-hydrogen) atoms. The number of likely N-dealkylation sites (tertiary alicyclic amines) is 2. The Labute approximate surface area is 145 Å². The van der Waals surface area contributed by atoms with E-state index in [1.165, 1.54) is 11.0 Å². The zero-order chi connectivity index (χ0) is 18.0. The molecule has 2 aliphatic heterocycles. The highest BCUT2D eigenvalue weighted by Crippen LogP contribution is 2.28. The minimum Gasteiger partial charge on any atom is -0.493 e. The van der Waals surface area contributed by atoms with Gasteiger partial charge in [0.05, 0.1) is 20.3 Å². The molecule has 7 nitrogen and oxygen atoms in total. The molecule has 0 atom stereocenters. The van der Waals surface area contributed by atoms with Gasteiger partial charge in [-0.25, -0.2) is 0 Å². The number of ether oxygens (including phenoxy) is 2. The molecule has 3 rings (SSSR count). The van der Waals surface area contributed by atoms with Crippen LogP contribution in [0.4, 0.5) is 0 Å². The first kappa shape index (κ1) is 17.0. The molecule has 0 aromatic heterocycles. The van der Waals surface area contributed by atoms with E-state index < -0.39 is 0 Å². The molecule has 0 spiro atoms. The molecule has 0 bridgehead atoms. The van der Waals surface area contributed by atoms with Crippen LogP contribution in [-0.2, 0) is 14.4 Å². The quantitative estimate of drug-likeness (QED) is 0.590. The molecular weight excluding hydrogens is 324 g/mol. The standard InChI is InChI=1S/C18H20N2O5/c1-24-14-5-3-12(9-15(14)25-2)4-6-16(21)19-10-13(11-19)20-17(22)7-8-18(20)23/h3-6,9,13H,7-8,10-11H2,1-2H3. The number of hydrogen-bond acceptors (Lipinski definition) is 5. The summed E-state index contributed by atoms with van der Waals surface area (Å²) in [5, 5.41) is 0. The maximum absolute atomic E-state index is 12.2.